The largest absolute Gasteiger partial charge is 0.489 e. The molecule has 0 fully saturated rings. The highest BCUT2D eigenvalue weighted by atomic mass is 16.5. The summed E-state index contributed by atoms with van der Waals surface area (Å²) in [5.41, 5.74) is 3.91. The highest BCUT2D eigenvalue weighted by Gasteiger charge is 2.33. The van der Waals surface area contributed by atoms with Crippen molar-refractivity contribution in [2.45, 2.75) is 19.1 Å². The SMILES string of the molecule is COC(=O)C1=Cc2cc(OCc3ccccc3)ccc2C1C[n+]1ccccc1. The Kier molecular flexibility index (Phi) is 5.20. The van der Waals surface area contributed by atoms with Gasteiger partial charge in [-0.2, -0.15) is 0 Å². The highest BCUT2D eigenvalue weighted by molar-refractivity contribution is 5.98. The second-order valence-corrected chi connectivity index (χ2v) is 6.78. The standard InChI is InChI=1S/C24H22NO3/c1-27-24(26)22-15-19-14-20(28-17-18-8-4-2-5-9-18)10-11-21(19)23(22)16-25-12-6-3-7-13-25/h2-15,23H,16-17H2,1H3/q+1. The molecule has 1 heterocycles. The average molecular weight is 372 g/mol. The van der Waals surface area contributed by atoms with E-state index in [1.54, 1.807) is 0 Å². The molecule has 0 bridgehead atoms. The topological polar surface area (TPSA) is 39.4 Å². The van der Waals surface area contributed by atoms with Gasteiger partial charge in [-0.05, 0) is 34.9 Å². The van der Waals surface area contributed by atoms with Crippen molar-refractivity contribution in [1.29, 1.82) is 0 Å². The molecule has 4 nitrogen and oxygen atoms in total. The molecule has 140 valence electrons. The summed E-state index contributed by atoms with van der Waals surface area (Å²) in [6.07, 6.45) is 5.93. The summed E-state index contributed by atoms with van der Waals surface area (Å²) >= 11 is 0. The highest BCUT2D eigenvalue weighted by Crippen LogP contribution is 2.39. The first-order valence-electron chi connectivity index (χ1n) is 9.29. The van der Waals surface area contributed by atoms with Crippen LogP contribution in [-0.2, 0) is 22.7 Å². The van der Waals surface area contributed by atoms with Crippen LogP contribution in [0.15, 0.2) is 84.7 Å². The van der Waals surface area contributed by atoms with Crippen LogP contribution in [0.1, 0.15) is 22.6 Å². The number of pyridine rings is 1. The van der Waals surface area contributed by atoms with Crippen LogP contribution in [0.5, 0.6) is 5.75 Å². The number of benzene rings is 2. The second-order valence-electron chi connectivity index (χ2n) is 6.78. The van der Waals surface area contributed by atoms with Crippen molar-refractivity contribution >= 4 is 12.0 Å². The maximum Gasteiger partial charge on any atom is 0.334 e. The third-order valence-corrected chi connectivity index (χ3v) is 4.96. The molecule has 2 aromatic carbocycles. The summed E-state index contributed by atoms with van der Waals surface area (Å²) in [5.74, 6) is 0.457. The molecule has 28 heavy (non-hydrogen) atoms. The van der Waals surface area contributed by atoms with Gasteiger partial charge in [-0.15, -0.1) is 0 Å². The van der Waals surface area contributed by atoms with Gasteiger partial charge < -0.3 is 9.47 Å². The van der Waals surface area contributed by atoms with Crippen LogP contribution < -0.4 is 9.30 Å². The lowest BCUT2D eigenvalue weighted by Crippen LogP contribution is -2.36. The van der Waals surface area contributed by atoms with Gasteiger partial charge >= 0.3 is 5.97 Å². The molecule has 0 N–H and O–H groups in total. The summed E-state index contributed by atoms with van der Waals surface area (Å²) in [5, 5.41) is 0. The minimum absolute atomic E-state index is 0.0435. The van der Waals surface area contributed by atoms with Crippen molar-refractivity contribution in [3.8, 4) is 5.75 Å². The van der Waals surface area contributed by atoms with Crippen LogP contribution in [0.2, 0.25) is 0 Å². The van der Waals surface area contributed by atoms with Gasteiger partial charge in [0.05, 0.1) is 18.6 Å². The number of esters is 1. The summed E-state index contributed by atoms with van der Waals surface area (Å²) in [6.45, 7) is 1.19. The molecule has 1 aromatic heterocycles. The molecule has 0 aliphatic heterocycles. The van der Waals surface area contributed by atoms with E-state index in [9.17, 15) is 4.79 Å². The van der Waals surface area contributed by atoms with E-state index in [1.807, 2.05) is 79.1 Å². The molecule has 3 aromatic rings. The van der Waals surface area contributed by atoms with E-state index in [0.717, 1.165) is 22.4 Å². The van der Waals surface area contributed by atoms with Gasteiger partial charge in [-0.1, -0.05) is 42.5 Å². The van der Waals surface area contributed by atoms with E-state index >= 15 is 0 Å². The van der Waals surface area contributed by atoms with Gasteiger partial charge in [0.2, 0.25) is 0 Å². The first kappa shape index (κ1) is 18.0. The zero-order chi connectivity index (χ0) is 19.3. The van der Waals surface area contributed by atoms with Gasteiger partial charge in [0, 0.05) is 12.1 Å². The van der Waals surface area contributed by atoms with Crippen LogP contribution in [-0.4, -0.2) is 13.1 Å². The summed E-state index contributed by atoms with van der Waals surface area (Å²) in [6, 6.07) is 22.0. The van der Waals surface area contributed by atoms with Crippen molar-refractivity contribution in [2.75, 3.05) is 7.11 Å². The van der Waals surface area contributed by atoms with Gasteiger partial charge in [0.1, 0.15) is 12.4 Å². The maximum atomic E-state index is 12.3. The molecule has 1 aliphatic rings. The lowest BCUT2D eigenvalue weighted by Gasteiger charge is -2.13. The van der Waals surface area contributed by atoms with Crippen LogP contribution in [0.25, 0.3) is 6.08 Å². The lowest BCUT2D eigenvalue weighted by molar-refractivity contribution is -0.698. The summed E-state index contributed by atoms with van der Waals surface area (Å²) in [4.78, 5) is 12.3. The van der Waals surface area contributed by atoms with E-state index in [4.69, 9.17) is 9.47 Å². The second kappa shape index (κ2) is 8.09. The Morgan fingerprint density at radius 1 is 1.00 bits per heavy atom. The van der Waals surface area contributed by atoms with E-state index in [-0.39, 0.29) is 11.9 Å². The Labute approximate surface area is 164 Å². The zero-order valence-corrected chi connectivity index (χ0v) is 15.7. The molecule has 0 radical (unpaired) electrons. The molecule has 0 spiro atoms. The Hall–Kier alpha value is -3.40. The molecule has 0 saturated carbocycles. The van der Waals surface area contributed by atoms with Gasteiger partial charge in [-0.3, -0.25) is 0 Å². The van der Waals surface area contributed by atoms with E-state index in [1.165, 1.54) is 7.11 Å². The molecule has 0 saturated heterocycles. The number of aromatic nitrogens is 1. The number of carbonyl (C=O) groups is 1. The Morgan fingerprint density at radius 2 is 1.75 bits per heavy atom. The van der Waals surface area contributed by atoms with Crippen molar-refractivity contribution < 1.29 is 18.8 Å². The summed E-state index contributed by atoms with van der Waals surface area (Å²) in [7, 11) is 1.42. The minimum Gasteiger partial charge on any atom is -0.489 e. The van der Waals surface area contributed by atoms with Crippen LogP contribution in [0.4, 0.5) is 0 Å². The van der Waals surface area contributed by atoms with Crippen molar-refractivity contribution in [3.05, 3.63) is 101 Å². The van der Waals surface area contributed by atoms with E-state index < -0.39 is 0 Å². The van der Waals surface area contributed by atoms with Crippen molar-refractivity contribution in [2.24, 2.45) is 0 Å². The molecule has 0 amide bonds. The first-order valence-corrected chi connectivity index (χ1v) is 9.29. The number of fused-ring (bicyclic) bond motifs is 1. The third-order valence-electron chi connectivity index (χ3n) is 4.96. The Bertz CT molecular complexity index is 997. The van der Waals surface area contributed by atoms with Crippen molar-refractivity contribution in [1.82, 2.24) is 0 Å². The average Bonchev–Trinajstić information content (AvgIpc) is 3.11. The van der Waals surface area contributed by atoms with Crippen LogP contribution in [0, 0.1) is 0 Å². The molecule has 4 heteroatoms. The molecule has 1 aliphatic carbocycles. The maximum absolute atomic E-state index is 12.3. The van der Waals surface area contributed by atoms with Crippen LogP contribution in [0.3, 0.4) is 0 Å². The number of methoxy groups -OCH3 is 1. The normalized spacial score (nSPS) is 14.9. The number of hydrogen-bond donors (Lipinski definition) is 0. The van der Waals surface area contributed by atoms with Gasteiger partial charge in [0.15, 0.2) is 18.9 Å². The molecule has 4 rings (SSSR count). The quantitative estimate of drug-likeness (QED) is 0.487. The fraction of sp³-hybridized carbons (Fsp3) is 0.167. The molecule has 1 atom stereocenters. The Balaban J connectivity index is 1.58. The number of rotatable bonds is 6. The van der Waals surface area contributed by atoms with Gasteiger partial charge in [-0.25, -0.2) is 9.36 Å². The number of nitrogens with zero attached hydrogens (tertiary/aromatic N) is 1. The fourth-order valence-electron chi connectivity index (χ4n) is 3.54. The van der Waals surface area contributed by atoms with Crippen LogP contribution >= 0.6 is 0 Å². The van der Waals surface area contributed by atoms with Gasteiger partial charge in [0.25, 0.3) is 0 Å². The summed E-state index contributed by atoms with van der Waals surface area (Å²) < 4.78 is 13.0. The number of carbonyl (C=O) groups excluding carboxylic acids is 1. The zero-order valence-electron chi connectivity index (χ0n) is 15.7. The number of ether oxygens (including phenoxy) is 2. The Morgan fingerprint density at radius 3 is 2.50 bits per heavy atom. The van der Waals surface area contributed by atoms with E-state index in [2.05, 4.69) is 10.6 Å². The third kappa shape index (κ3) is 3.81. The molecular weight excluding hydrogens is 350 g/mol. The van der Waals surface area contributed by atoms with E-state index in [0.29, 0.717) is 18.7 Å². The predicted molar refractivity (Wildman–Crippen MR) is 107 cm³/mol. The minimum atomic E-state index is -0.288. The van der Waals surface area contributed by atoms with Crippen molar-refractivity contribution in [3.63, 3.8) is 0 Å². The monoisotopic (exact) mass is 372 g/mol. The molecular formula is C24H22NO3+. The fourth-order valence-corrected chi connectivity index (χ4v) is 3.54. The predicted octanol–water partition coefficient (Wildman–Crippen LogP) is 3.91. The lowest BCUT2D eigenvalue weighted by atomic mass is 9.95. The number of hydrogen-bond acceptors (Lipinski definition) is 3. The first-order chi connectivity index (χ1) is 13.7. The smallest absolute Gasteiger partial charge is 0.334 e. The molecule has 1 unspecified atom stereocenters.